The van der Waals surface area contributed by atoms with E-state index in [2.05, 4.69) is 31.2 Å². The molecule has 1 aliphatic rings. The van der Waals surface area contributed by atoms with Gasteiger partial charge in [-0.25, -0.2) is 18.7 Å². The van der Waals surface area contributed by atoms with Gasteiger partial charge in [0, 0.05) is 17.3 Å². The third kappa shape index (κ3) is 4.85. The number of hydrogen-bond donors (Lipinski definition) is 2. The number of nitrogens with two attached hydrogens (primary N) is 1. The van der Waals surface area contributed by atoms with Gasteiger partial charge in [-0.1, -0.05) is 37.5 Å². The highest BCUT2D eigenvalue weighted by atomic mass is 79.9. The van der Waals surface area contributed by atoms with Gasteiger partial charge in [-0.2, -0.15) is 0 Å². The standard InChI is InChI=1S/C26H32BrF2N5O/c1-15-18(8-7-9-19(15)23(28)29)16(2)31-24-20-14-34(26(12-13-30)10-5-4-6-11-26)25(35)21(27)22(20)32-17(3)33-24/h7-9,14,16,23H,4-6,10-13,30H2,1-3H3,(H,31,32,33)/t16-/m1/s1. The monoisotopic (exact) mass is 547 g/mol. The average molecular weight is 548 g/mol. The van der Waals surface area contributed by atoms with Gasteiger partial charge in [0.2, 0.25) is 0 Å². The van der Waals surface area contributed by atoms with Crippen LogP contribution in [0.5, 0.6) is 0 Å². The molecule has 0 saturated heterocycles. The van der Waals surface area contributed by atoms with Crippen molar-refractivity contribution in [3.05, 3.63) is 61.7 Å². The molecule has 1 fully saturated rings. The van der Waals surface area contributed by atoms with Gasteiger partial charge in [0.1, 0.15) is 16.1 Å². The van der Waals surface area contributed by atoms with E-state index >= 15 is 0 Å². The first-order valence-electron chi connectivity index (χ1n) is 12.1. The van der Waals surface area contributed by atoms with Crippen LogP contribution < -0.4 is 16.6 Å². The highest BCUT2D eigenvalue weighted by Crippen LogP contribution is 2.39. The zero-order chi connectivity index (χ0) is 25.3. The lowest BCUT2D eigenvalue weighted by Crippen LogP contribution is -2.44. The van der Waals surface area contributed by atoms with Crippen molar-refractivity contribution in [3.8, 4) is 0 Å². The van der Waals surface area contributed by atoms with Crippen LogP contribution in [0.2, 0.25) is 0 Å². The van der Waals surface area contributed by atoms with E-state index in [0.29, 0.717) is 39.1 Å². The van der Waals surface area contributed by atoms with Crippen LogP contribution in [-0.2, 0) is 5.54 Å². The summed E-state index contributed by atoms with van der Waals surface area (Å²) in [4.78, 5) is 22.7. The average Bonchev–Trinajstić information content (AvgIpc) is 2.82. The zero-order valence-corrected chi connectivity index (χ0v) is 22.0. The van der Waals surface area contributed by atoms with Gasteiger partial charge in [0.25, 0.3) is 12.0 Å². The van der Waals surface area contributed by atoms with Crippen molar-refractivity contribution in [1.82, 2.24) is 14.5 Å². The molecule has 0 unspecified atom stereocenters. The molecule has 188 valence electrons. The van der Waals surface area contributed by atoms with Crippen molar-refractivity contribution in [2.24, 2.45) is 5.73 Å². The maximum Gasteiger partial charge on any atom is 0.267 e. The molecule has 6 nitrogen and oxygen atoms in total. The van der Waals surface area contributed by atoms with E-state index in [-0.39, 0.29) is 22.7 Å². The lowest BCUT2D eigenvalue weighted by atomic mass is 9.79. The van der Waals surface area contributed by atoms with Crippen molar-refractivity contribution in [3.63, 3.8) is 0 Å². The van der Waals surface area contributed by atoms with Gasteiger partial charge >= 0.3 is 0 Å². The van der Waals surface area contributed by atoms with Crippen molar-refractivity contribution in [1.29, 1.82) is 0 Å². The molecule has 1 saturated carbocycles. The Morgan fingerprint density at radius 1 is 1.17 bits per heavy atom. The lowest BCUT2D eigenvalue weighted by Gasteiger charge is -2.39. The van der Waals surface area contributed by atoms with E-state index < -0.39 is 6.43 Å². The molecule has 0 aliphatic heterocycles. The summed E-state index contributed by atoms with van der Waals surface area (Å²) in [6.07, 6.45) is 5.09. The van der Waals surface area contributed by atoms with Crippen LogP contribution in [0.3, 0.4) is 0 Å². The maximum absolute atomic E-state index is 13.5. The van der Waals surface area contributed by atoms with Gasteiger partial charge in [0.15, 0.2) is 0 Å². The van der Waals surface area contributed by atoms with Crippen molar-refractivity contribution in [2.45, 2.75) is 77.3 Å². The number of pyridine rings is 1. The van der Waals surface area contributed by atoms with Crippen LogP contribution in [0.25, 0.3) is 10.9 Å². The number of hydrogen-bond acceptors (Lipinski definition) is 5. The van der Waals surface area contributed by atoms with Gasteiger partial charge in [-0.05, 0) is 73.6 Å². The second-order valence-corrected chi connectivity index (χ2v) is 10.3. The predicted octanol–water partition coefficient (Wildman–Crippen LogP) is 6.29. The Bertz CT molecular complexity index is 1280. The number of alkyl halides is 2. The molecular weight excluding hydrogens is 516 g/mol. The first-order valence-corrected chi connectivity index (χ1v) is 12.9. The van der Waals surface area contributed by atoms with Gasteiger partial charge < -0.3 is 15.6 Å². The molecule has 3 aromatic rings. The lowest BCUT2D eigenvalue weighted by molar-refractivity contribution is 0.150. The predicted molar refractivity (Wildman–Crippen MR) is 139 cm³/mol. The normalized spacial score (nSPS) is 16.6. The van der Waals surface area contributed by atoms with E-state index in [1.807, 2.05) is 23.8 Å². The Hall–Kier alpha value is -2.39. The maximum atomic E-state index is 13.5. The smallest absolute Gasteiger partial charge is 0.267 e. The molecule has 1 aromatic carbocycles. The van der Waals surface area contributed by atoms with Gasteiger partial charge in [-0.3, -0.25) is 4.79 Å². The first-order chi connectivity index (χ1) is 16.7. The Balaban J connectivity index is 1.85. The molecule has 3 N–H and O–H groups in total. The van der Waals surface area contributed by atoms with Crippen LogP contribution in [0.1, 0.15) is 80.4 Å². The zero-order valence-electron chi connectivity index (χ0n) is 20.4. The third-order valence-corrected chi connectivity index (χ3v) is 8.02. The van der Waals surface area contributed by atoms with Crippen molar-refractivity contribution < 1.29 is 8.78 Å². The van der Waals surface area contributed by atoms with Crippen LogP contribution >= 0.6 is 15.9 Å². The molecule has 0 spiro atoms. The number of anilines is 1. The molecule has 1 aliphatic carbocycles. The minimum absolute atomic E-state index is 0.0254. The summed E-state index contributed by atoms with van der Waals surface area (Å²) in [6.45, 7) is 5.90. The molecule has 1 atom stereocenters. The van der Waals surface area contributed by atoms with Crippen molar-refractivity contribution >= 4 is 32.7 Å². The number of fused-ring (bicyclic) bond motifs is 1. The largest absolute Gasteiger partial charge is 0.363 e. The Morgan fingerprint density at radius 3 is 2.51 bits per heavy atom. The molecule has 0 amide bonds. The fourth-order valence-corrected chi connectivity index (χ4v) is 5.97. The minimum atomic E-state index is -2.54. The topological polar surface area (TPSA) is 85.8 Å². The highest BCUT2D eigenvalue weighted by Gasteiger charge is 2.35. The summed E-state index contributed by atoms with van der Waals surface area (Å²) in [7, 11) is 0. The van der Waals surface area contributed by atoms with Crippen LogP contribution in [0.15, 0.2) is 33.7 Å². The van der Waals surface area contributed by atoms with Gasteiger partial charge in [-0.15, -0.1) is 0 Å². The Morgan fingerprint density at radius 2 is 1.86 bits per heavy atom. The van der Waals surface area contributed by atoms with Crippen LogP contribution in [-0.4, -0.2) is 21.1 Å². The quantitative estimate of drug-likeness (QED) is 0.363. The summed E-state index contributed by atoms with van der Waals surface area (Å²) in [5, 5.41) is 4.12. The van der Waals surface area contributed by atoms with Crippen LogP contribution in [0.4, 0.5) is 14.6 Å². The highest BCUT2D eigenvalue weighted by molar-refractivity contribution is 9.10. The molecule has 2 heterocycles. The number of nitrogens with zero attached hydrogens (tertiary/aromatic N) is 3. The van der Waals surface area contributed by atoms with Crippen molar-refractivity contribution in [2.75, 3.05) is 11.9 Å². The summed E-state index contributed by atoms with van der Waals surface area (Å²) in [5.41, 5.74) is 7.42. The van der Waals surface area contributed by atoms with E-state index in [4.69, 9.17) is 5.73 Å². The second-order valence-electron chi connectivity index (χ2n) is 9.55. The summed E-state index contributed by atoms with van der Waals surface area (Å²) >= 11 is 3.52. The number of aromatic nitrogens is 3. The fourth-order valence-electron chi connectivity index (χ4n) is 5.48. The van der Waals surface area contributed by atoms with Gasteiger partial charge in [0.05, 0.1) is 16.9 Å². The number of nitrogens with one attached hydrogen (secondary N) is 1. The molecule has 2 aromatic heterocycles. The Kier molecular flexibility index (Phi) is 7.57. The summed E-state index contributed by atoms with van der Waals surface area (Å²) < 4.78 is 29.2. The van der Waals surface area contributed by atoms with E-state index in [9.17, 15) is 13.6 Å². The van der Waals surface area contributed by atoms with E-state index in [0.717, 1.165) is 44.1 Å². The van der Waals surface area contributed by atoms with E-state index in [1.165, 1.54) is 6.07 Å². The molecule has 0 radical (unpaired) electrons. The van der Waals surface area contributed by atoms with E-state index in [1.54, 1.807) is 19.9 Å². The molecule has 35 heavy (non-hydrogen) atoms. The number of halogens is 3. The first kappa shape index (κ1) is 25.7. The number of rotatable bonds is 7. The molecule has 0 bridgehead atoms. The fraction of sp³-hybridized carbons (Fsp3) is 0.500. The molecule has 4 rings (SSSR count). The summed E-state index contributed by atoms with van der Waals surface area (Å²) in [5.74, 6) is 1.08. The minimum Gasteiger partial charge on any atom is -0.363 e. The Labute approximate surface area is 212 Å². The SMILES string of the molecule is Cc1nc(N[C@H](C)c2cccc(C(F)F)c2C)c2cn(C3(CCN)CCCCC3)c(=O)c(Br)c2n1. The molecular formula is C26H32BrF2N5O. The number of aryl methyl sites for hydroxylation is 1. The molecule has 9 heteroatoms. The second kappa shape index (κ2) is 10.3. The summed E-state index contributed by atoms with van der Waals surface area (Å²) in [6, 6.07) is 4.66. The number of benzene rings is 1. The van der Waals surface area contributed by atoms with Crippen LogP contribution in [0, 0.1) is 13.8 Å². The third-order valence-electron chi connectivity index (χ3n) is 7.31.